The summed E-state index contributed by atoms with van der Waals surface area (Å²) in [6, 6.07) is 6.28. The first-order valence-corrected chi connectivity index (χ1v) is 8.59. The second-order valence-electron chi connectivity index (χ2n) is 6.85. The Morgan fingerprint density at radius 2 is 2.04 bits per heavy atom. The van der Waals surface area contributed by atoms with Crippen LogP contribution in [0.15, 0.2) is 35.3 Å². The largest absolute Gasteiger partial charge is 0.417 e. The van der Waals surface area contributed by atoms with E-state index in [1.165, 1.54) is 10.8 Å². The number of halogens is 3. The summed E-state index contributed by atoms with van der Waals surface area (Å²) in [5, 5.41) is 24.5. The molecule has 6 nitrogen and oxygen atoms in total. The van der Waals surface area contributed by atoms with Gasteiger partial charge in [-0.15, -0.1) is 0 Å². The van der Waals surface area contributed by atoms with Crippen molar-refractivity contribution >= 4 is 10.9 Å². The van der Waals surface area contributed by atoms with Crippen LogP contribution >= 0.6 is 0 Å². The number of hydrogen-bond acceptors (Lipinski definition) is 4. The summed E-state index contributed by atoms with van der Waals surface area (Å²) >= 11 is 0. The Bertz CT molecular complexity index is 1180. The molecule has 0 spiro atoms. The molecule has 28 heavy (non-hydrogen) atoms. The predicted octanol–water partition coefficient (Wildman–Crippen LogP) is 3.04. The maximum atomic E-state index is 13.0. The van der Waals surface area contributed by atoms with Gasteiger partial charge in [-0.05, 0) is 36.6 Å². The van der Waals surface area contributed by atoms with Crippen LogP contribution in [0.4, 0.5) is 13.2 Å². The lowest BCUT2D eigenvalue weighted by Crippen LogP contribution is -2.18. The highest BCUT2D eigenvalue weighted by Gasteiger charge is 2.34. The molecule has 1 fully saturated rings. The van der Waals surface area contributed by atoms with E-state index in [0.717, 1.165) is 31.0 Å². The van der Waals surface area contributed by atoms with E-state index < -0.39 is 23.4 Å². The summed E-state index contributed by atoms with van der Waals surface area (Å²) in [7, 11) is 1.55. The molecule has 1 saturated carbocycles. The quantitative estimate of drug-likeness (QED) is 0.748. The first-order valence-electron chi connectivity index (χ1n) is 8.59. The van der Waals surface area contributed by atoms with Crippen LogP contribution in [0.2, 0.25) is 0 Å². The Hall–Kier alpha value is -3.12. The number of rotatable bonds is 3. The van der Waals surface area contributed by atoms with Gasteiger partial charge < -0.3 is 9.67 Å². The van der Waals surface area contributed by atoms with Crippen molar-refractivity contribution in [2.45, 2.75) is 31.2 Å². The Morgan fingerprint density at radius 1 is 1.32 bits per heavy atom. The van der Waals surface area contributed by atoms with E-state index in [1.807, 2.05) is 0 Å². The lowest BCUT2D eigenvalue weighted by Gasteiger charge is -2.15. The van der Waals surface area contributed by atoms with E-state index in [2.05, 4.69) is 5.10 Å². The van der Waals surface area contributed by atoms with Crippen molar-refractivity contribution in [1.82, 2.24) is 14.3 Å². The van der Waals surface area contributed by atoms with Crippen LogP contribution in [0, 0.1) is 11.3 Å². The number of nitriles is 1. The van der Waals surface area contributed by atoms with Crippen molar-refractivity contribution in [1.29, 1.82) is 5.26 Å². The van der Waals surface area contributed by atoms with Crippen molar-refractivity contribution in [3.05, 3.63) is 63.2 Å². The molecule has 0 aliphatic heterocycles. The molecule has 2 heterocycles. The first kappa shape index (κ1) is 18.3. The average Bonchev–Trinajstić information content (AvgIpc) is 3.42. The number of aliphatic hydroxyl groups is 1. The fraction of sp³-hybridized carbons (Fsp3) is 0.316. The number of fused-ring (bicyclic) bond motifs is 1. The Morgan fingerprint density at radius 3 is 2.64 bits per heavy atom. The maximum Gasteiger partial charge on any atom is 0.417 e. The van der Waals surface area contributed by atoms with Gasteiger partial charge in [-0.25, -0.2) is 0 Å². The summed E-state index contributed by atoms with van der Waals surface area (Å²) in [4.78, 5) is 12.6. The molecule has 144 valence electrons. The third kappa shape index (κ3) is 2.86. The van der Waals surface area contributed by atoms with Gasteiger partial charge in [0, 0.05) is 24.7 Å². The third-order valence-corrected chi connectivity index (χ3v) is 4.95. The van der Waals surface area contributed by atoms with Gasteiger partial charge >= 0.3 is 6.18 Å². The molecule has 1 unspecified atom stereocenters. The van der Waals surface area contributed by atoms with E-state index in [4.69, 9.17) is 5.26 Å². The molecule has 1 aromatic carbocycles. The molecule has 1 N–H and O–H groups in total. The summed E-state index contributed by atoms with van der Waals surface area (Å²) < 4.78 is 42.0. The Kier molecular flexibility index (Phi) is 4.05. The van der Waals surface area contributed by atoms with E-state index in [-0.39, 0.29) is 28.4 Å². The topological polar surface area (TPSA) is 83.8 Å². The van der Waals surface area contributed by atoms with Gasteiger partial charge in [0.15, 0.2) is 5.52 Å². The van der Waals surface area contributed by atoms with Crippen LogP contribution in [-0.2, 0) is 13.2 Å². The van der Waals surface area contributed by atoms with E-state index in [1.54, 1.807) is 23.9 Å². The van der Waals surface area contributed by atoms with Crippen molar-refractivity contribution < 1.29 is 18.3 Å². The summed E-state index contributed by atoms with van der Waals surface area (Å²) in [5.74, 6) is 0. The molecular weight excluding hydrogens is 373 g/mol. The average molecular weight is 388 g/mol. The van der Waals surface area contributed by atoms with Crippen molar-refractivity contribution in [3.63, 3.8) is 0 Å². The minimum absolute atomic E-state index is 0.112. The smallest absolute Gasteiger partial charge is 0.382 e. The number of aromatic nitrogens is 3. The van der Waals surface area contributed by atoms with E-state index in [9.17, 15) is 23.1 Å². The van der Waals surface area contributed by atoms with Gasteiger partial charge in [0.1, 0.15) is 6.10 Å². The molecular formula is C19H15F3N4O2. The minimum atomic E-state index is -4.67. The number of nitrogens with zero attached hydrogens (tertiary/aromatic N) is 4. The molecule has 0 bridgehead atoms. The highest BCUT2D eigenvalue weighted by Crippen LogP contribution is 2.36. The molecule has 4 rings (SSSR count). The van der Waals surface area contributed by atoms with Gasteiger partial charge in [-0.3, -0.25) is 9.48 Å². The number of aryl methyl sites for hydroxylation is 1. The monoisotopic (exact) mass is 388 g/mol. The fourth-order valence-electron chi connectivity index (χ4n) is 3.41. The maximum absolute atomic E-state index is 13.0. The molecule has 3 aromatic rings. The van der Waals surface area contributed by atoms with E-state index in [0.29, 0.717) is 5.39 Å². The zero-order valence-corrected chi connectivity index (χ0v) is 14.7. The Balaban J connectivity index is 1.82. The minimum Gasteiger partial charge on any atom is -0.382 e. The molecule has 1 aliphatic carbocycles. The van der Waals surface area contributed by atoms with Crippen molar-refractivity contribution in [3.8, 4) is 6.07 Å². The molecule has 1 atom stereocenters. The highest BCUT2D eigenvalue weighted by atomic mass is 19.4. The second kappa shape index (κ2) is 6.21. The van der Waals surface area contributed by atoms with Gasteiger partial charge in [0.25, 0.3) is 5.56 Å². The standard InChI is InChI=1S/C19H15F3N4O2/c1-25-16(13-6-7-26(12-3-4-12)18(28)15(13)24-25)17(27)10-2-5-14(19(20,21)22)11(8-10)9-23/h2,5-8,12,17,27H,3-4H2,1H3. The van der Waals surface area contributed by atoms with Crippen LogP contribution < -0.4 is 5.56 Å². The SMILES string of the molecule is Cn1nc2c(=O)n(C3CC3)ccc2c1C(O)c1ccc(C(F)(F)F)c(C#N)c1. The van der Waals surface area contributed by atoms with Crippen LogP contribution in [0.3, 0.4) is 0 Å². The Labute approximate surface area is 157 Å². The predicted molar refractivity (Wildman–Crippen MR) is 93.5 cm³/mol. The lowest BCUT2D eigenvalue weighted by atomic mass is 9.98. The van der Waals surface area contributed by atoms with Crippen molar-refractivity contribution in [2.24, 2.45) is 7.05 Å². The van der Waals surface area contributed by atoms with Crippen LogP contribution in [0.25, 0.3) is 10.9 Å². The zero-order valence-electron chi connectivity index (χ0n) is 14.7. The van der Waals surface area contributed by atoms with E-state index >= 15 is 0 Å². The van der Waals surface area contributed by atoms with Gasteiger partial charge in [0.05, 0.1) is 22.9 Å². The number of alkyl halides is 3. The van der Waals surface area contributed by atoms with Gasteiger partial charge in [-0.2, -0.15) is 23.5 Å². The fourth-order valence-corrected chi connectivity index (χ4v) is 3.41. The van der Waals surface area contributed by atoms with Crippen LogP contribution in [0.1, 0.15) is 47.4 Å². The lowest BCUT2D eigenvalue weighted by molar-refractivity contribution is -0.137. The highest BCUT2D eigenvalue weighted by molar-refractivity contribution is 5.81. The second-order valence-corrected chi connectivity index (χ2v) is 6.85. The molecule has 0 radical (unpaired) electrons. The molecule has 0 saturated heterocycles. The summed E-state index contributed by atoms with van der Waals surface area (Å²) in [6.45, 7) is 0. The number of pyridine rings is 1. The van der Waals surface area contributed by atoms with Gasteiger partial charge in [-0.1, -0.05) is 6.07 Å². The molecule has 9 heteroatoms. The number of aliphatic hydroxyl groups excluding tert-OH is 1. The zero-order chi connectivity index (χ0) is 20.2. The number of benzene rings is 1. The number of hydrogen-bond donors (Lipinski definition) is 1. The third-order valence-electron chi connectivity index (χ3n) is 4.95. The van der Waals surface area contributed by atoms with Crippen molar-refractivity contribution in [2.75, 3.05) is 0 Å². The van der Waals surface area contributed by atoms with Crippen LogP contribution in [-0.4, -0.2) is 19.5 Å². The first-order chi connectivity index (χ1) is 13.2. The summed E-state index contributed by atoms with van der Waals surface area (Å²) in [5.41, 5.74) is -1.32. The van der Waals surface area contributed by atoms with Crippen LogP contribution in [0.5, 0.6) is 0 Å². The molecule has 1 aliphatic rings. The molecule has 0 amide bonds. The summed E-state index contributed by atoms with van der Waals surface area (Å²) in [6.07, 6.45) is -2.51. The van der Waals surface area contributed by atoms with Gasteiger partial charge in [0.2, 0.25) is 0 Å². The normalized spacial score (nSPS) is 15.6. The molecule has 2 aromatic heterocycles.